The third-order valence-corrected chi connectivity index (χ3v) is 6.33. The Morgan fingerprint density at radius 1 is 0.967 bits per heavy atom. The van der Waals surface area contributed by atoms with E-state index in [-0.39, 0.29) is 29.7 Å². The molecule has 3 rings (SSSR count). The van der Waals surface area contributed by atoms with E-state index in [1.165, 1.54) is 12.1 Å². The van der Waals surface area contributed by atoms with Crippen molar-refractivity contribution in [2.75, 3.05) is 11.9 Å². The molecule has 0 spiro atoms. The molecule has 3 aromatic rings. The Bertz CT molecular complexity index is 1120. The largest absolute Gasteiger partial charge is 0.388 e. The maximum absolute atomic E-state index is 12.5. The highest BCUT2D eigenvalue weighted by molar-refractivity contribution is 7.89. The fourth-order valence-corrected chi connectivity index (χ4v) is 4.16. The molecule has 1 unspecified atom stereocenters. The van der Waals surface area contributed by atoms with Crippen molar-refractivity contribution in [3.63, 3.8) is 0 Å². The van der Waals surface area contributed by atoms with Crippen LogP contribution in [0.5, 0.6) is 0 Å². The predicted molar refractivity (Wildman–Crippen MR) is 119 cm³/mol. The van der Waals surface area contributed by atoms with E-state index in [2.05, 4.69) is 10.0 Å². The lowest BCUT2D eigenvalue weighted by molar-refractivity contribution is -0.118. The fourth-order valence-electron chi connectivity index (χ4n) is 3.11. The molecule has 0 radical (unpaired) electrons. The zero-order chi connectivity index (χ0) is 21.7. The highest BCUT2D eigenvalue weighted by Crippen LogP contribution is 2.26. The van der Waals surface area contributed by atoms with Crippen LogP contribution in [0.3, 0.4) is 0 Å². The molecule has 0 aliphatic rings. The Morgan fingerprint density at radius 3 is 2.33 bits per heavy atom. The number of benzene rings is 3. The highest BCUT2D eigenvalue weighted by Gasteiger charge is 2.16. The third kappa shape index (κ3) is 5.24. The summed E-state index contributed by atoms with van der Waals surface area (Å²) < 4.78 is 27.6. The molecular weight excluding hydrogens is 400 g/mol. The molecule has 0 bridgehead atoms. The van der Waals surface area contributed by atoms with Gasteiger partial charge in [0.15, 0.2) is 0 Å². The van der Waals surface area contributed by atoms with Gasteiger partial charge in [-0.05, 0) is 47.0 Å². The van der Waals surface area contributed by atoms with E-state index < -0.39 is 16.1 Å². The maximum Gasteiger partial charge on any atom is 0.240 e. The van der Waals surface area contributed by atoms with E-state index in [0.717, 1.165) is 16.3 Å². The topological polar surface area (TPSA) is 95.5 Å². The minimum Gasteiger partial charge on any atom is -0.388 e. The molecule has 1 amide bonds. The Hall–Kier alpha value is -2.74. The van der Waals surface area contributed by atoms with Crippen LogP contribution in [-0.2, 0) is 14.8 Å². The van der Waals surface area contributed by atoms with Gasteiger partial charge in [0.1, 0.15) is 0 Å². The molecule has 0 saturated heterocycles. The lowest BCUT2D eigenvalue weighted by atomic mass is 9.99. The zero-order valence-corrected chi connectivity index (χ0v) is 17.8. The average Bonchev–Trinajstić information content (AvgIpc) is 2.73. The second-order valence-corrected chi connectivity index (χ2v) is 9.21. The number of carbonyl (C=O) groups excluding carboxylic acids is 1. The van der Waals surface area contributed by atoms with Gasteiger partial charge in [0.25, 0.3) is 0 Å². The van der Waals surface area contributed by atoms with Crippen LogP contribution in [0.25, 0.3) is 10.8 Å². The van der Waals surface area contributed by atoms with Crippen LogP contribution in [0, 0.1) is 5.92 Å². The van der Waals surface area contributed by atoms with Crippen LogP contribution in [0.1, 0.15) is 31.9 Å². The molecule has 1 atom stereocenters. The summed E-state index contributed by atoms with van der Waals surface area (Å²) in [5.41, 5.74) is 1.32. The molecule has 0 aliphatic carbocycles. The molecule has 158 valence electrons. The van der Waals surface area contributed by atoms with Crippen LogP contribution in [0.2, 0.25) is 0 Å². The van der Waals surface area contributed by atoms with E-state index in [0.29, 0.717) is 5.69 Å². The summed E-state index contributed by atoms with van der Waals surface area (Å²) in [5.74, 6) is -0.297. The monoisotopic (exact) mass is 426 g/mol. The molecule has 30 heavy (non-hydrogen) atoms. The van der Waals surface area contributed by atoms with Crippen LogP contribution < -0.4 is 10.0 Å². The molecule has 0 heterocycles. The van der Waals surface area contributed by atoms with Gasteiger partial charge in [0.2, 0.25) is 15.9 Å². The predicted octanol–water partition coefficient (Wildman–Crippen LogP) is 3.84. The molecule has 7 heteroatoms. The van der Waals surface area contributed by atoms with Crippen molar-refractivity contribution < 1.29 is 18.3 Å². The smallest absolute Gasteiger partial charge is 0.240 e. The number of fused-ring (bicyclic) bond motifs is 1. The first-order valence-electron chi connectivity index (χ1n) is 9.84. The van der Waals surface area contributed by atoms with Crippen molar-refractivity contribution in [1.82, 2.24) is 4.72 Å². The Morgan fingerprint density at radius 2 is 1.63 bits per heavy atom. The second-order valence-electron chi connectivity index (χ2n) is 7.44. The minimum atomic E-state index is -3.72. The highest BCUT2D eigenvalue weighted by atomic mass is 32.2. The zero-order valence-electron chi connectivity index (χ0n) is 17.0. The van der Waals surface area contributed by atoms with Gasteiger partial charge in [-0.15, -0.1) is 0 Å². The van der Waals surface area contributed by atoms with Gasteiger partial charge >= 0.3 is 0 Å². The van der Waals surface area contributed by atoms with Crippen molar-refractivity contribution in [3.8, 4) is 0 Å². The first-order chi connectivity index (χ1) is 14.3. The summed E-state index contributed by atoms with van der Waals surface area (Å²) in [5, 5.41) is 15.3. The summed E-state index contributed by atoms with van der Waals surface area (Å²) in [4.78, 5) is 11.8. The number of aliphatic hydroxyl groups is 1. The summed E-state index contributed by atoms with van der Waals surface area (Å²) in [6, 6.07) is 19.5. The van der Waals surface area contributed by atoms with Crippen LogP contribution in [-0.4, -0.2) is 26.0 Å². The second kappa shape index (κ2) is 9.38. The van der Waals surface area contributed by atoms with Gasteiger partial charge in [0, 0.05) is 18.2 Å². The fraction of sp³-hybridized carbons (Fsp3) is 0.261. The number of rotatable bonds is 8. The molecule has 0 aromatic heterocycles. The maximum atomic E-state index is 12.5. The SMILES string of the molecule is CC(C)C(=O)Nc1ccc(S(=O)(=O)NCCC(O)c2cccc3ccccc23)cc1. The molecule has 0 aliphatic heterocycles. The lowest BCUT2D eigenvalue weighted by Gasteiger charge is -2.14. The molecule has 3 aromatic carbocycles. The summed E-state index contributed by atoms with van der Waals surface area (Å²) in [6.45, 7) is 3.66. The Labute approximate surface area is 177 Å². The number of anilines is 1. The average molecular weight is 427 g/mol. The van der Waals surface area contributed by atoms with Crippen LogP contribution >= 0.6 is 0 Å². The number of aliphatic hydroxyl groups excluding tert-OH is 1. The van der Waals surface area contributed by atoms with Crippen molar-refractivity contribution in [3.05, 3.63) is 72.3 Å². The van der Waals surface area contributed by atoms with Gasteiger partial charge < -0.3 is 10.4 Å². The Kier molecular flexibility index (Phi) is 6.87. The molecule has 6 nitrogen and oxygen atoms in total. The van der Waals surface area contributed by atoms with Crippen molar-refractivity contribution >= 4 is 32.4 Å². The number of sulfonamides is 1. The van der Waals surface area contributed by atoms with Gasteiger partial charge in [0.05, 0.1) is 11.0 Å². The first-order valence-corrected chi connectivity index (χ1v) is 11.3. The van der Waals surface area contributed by atoms with E-state index in [1.807, 2.05) is 42.5 Å². The summed E-state index contributed by atoms with van der Waals surface area (Å²) >= 11 is 0. The number of hydrogen-bond donors (Lipinski definition) is 3. The van der Waals surface area contributed by atoms with Crippen molar-refractivity contribution in [2.45, 2.75) is 31.3 Å². The quantitative estimate of drug-likeness (QED) is 0.510. The van der Waals surface area contributed by atoms with Gasteiger partial charge in [-0.25, -0.2) is 13.1 Å². The minimum absolute atomic E-state index is 0.0958. The third-order valence-electron chi connectivity index (χ3n) is 4.85. The summed E-state index contributed by atoms with van der Waals surface area (Å²) in [7, 11) is -3.72. The number of amides is 1. The van der Waals surface area contributed by atoms with E-state index in [1.54, 1.807) is 26.0 Å². The van der Waals surface area contributed by atoms with Crippen LogP contribution in [0.4, 0.5) is 5.69 Å². The molecular formula is C23H26N2O4S. The Balaban J connectivity index is 1.61. The van der Waals surface area contributed by atoms with Crippen molar-refractivity contribution in [2.24, 2.45) is 5.92 Å². The first kappa shape index (κ1) is 22.0. The number of nitrogens with one attached hydrogen (secondary N) is 2. The normalized spacial score (nSPS) is 12.8. The van der Waals surface area contributed by atoms with Gasteiger partial charge in [-0.3, -0.25) is 4.79 Å². The van der Waals surface area contributed by atoms with E-state index >= 15 is 0 Å². The van der Waals surface area contributed by atoms with E-state index in [4.69, 9.17) is 0 Å². The van der Waals surface area contributed by atoms with E-state index in [9.17, 15) is 18.3 Å². The molecule has 0 fully saturated rings. The lowest BCUT2D eigenvalue weighted by Crippen LogP contribution is -2.26. The van der Waals surface area contributed by atoms with Crippen LogP contribution in [0.15, 0.2) is 71.6 Å². The number of carbonyl (C=O) groups is 1. The number of hydrogen-bond acceptors (Lipinski definition) is 4. The van der Waals surface area contributed by atoms with Gasteiger partial charge in [-0.1, -0.05) is 56.3 Å². The molecule has 0 saturated carbocycles. The standard InChI is InChI=1S/C23H26N2O4S/c1-16(2)23(27)25-18-10-12-19(13-11-18)30(28,29)24-15-14-22(26)21-9-5-7-17-6-3-4-8-20(17)21/h3-13,16,22,24,26H,14-15H2,1-2H3,(H,25,27). The van der Waals surface area contributed by atoms with Gasteiger partial charge in [-0.2, -0.15) is 0 Å². The van der Waals surface area contributed by atoms with Crippen molar-refractivity contribution in [1.29, 1.82) is 0 Å². The summed E-state index contributed by atoms with van der Waals surface area (Å²) in [6.07, 6.45) is -0.539. The molecule has 3 N–H and O–H groups in total.